The minimum atomic E-state index is 0.0214. The van der Waals surface area contributed by atoms with Gasteiger partial charge < -0.3 is 25.2 Å². The van der Waals surface area contributed by atoms with Gasteiger partial charge in [-0.15, -0.1) is 11.8 Å². The van der Waals surface area contributed by atoms with E-state index in [0.717, 1.165) is 55.3 Å². The second-order valence-electron chi connectivity index (χ2n) is 8.74. The number of hydrogen-bond donors (Lipinski definition) is 2. The molecular weight excluding hydrogens is 446 g/mol. The molecule has 182 valence electrons. The number of pyridine rings is 1. The lowest BCUT2D eigenvalue weighted by Gasteiger charge is -2.25. The highest BCUT2D eigenvalue weighted by molar-refractivity contribution is 8.03. The van der Waals surface area contributed by atoms with Crippen molar-refractivity contribution >= 4 is 29.2 Å². The zero-order valence-electron chi connectivity index (χ0n) is 20.3. The molecule has 2 N–H and O–H groups in total. The van der Waals surface area contributed by atoms with Crippen LogP contribution in [0, 0.1) is 0 Å². The lowest BCUT2D eigenvalue weighted by Crippen LogP contribution is -2.33. The topological polar surface area (TPSA) is 69.7 Å². The molecule has 34 heavy (non-hydrogen) atoms. The highest BCUT2D eigenvalue weighted by Crippen LogP contribution is 2.31. The summed E-state index contributed by atoms with van der Waals surface area (Å²) in [5, 5.41) is 9.10. The first-order valence-corrected chi connectivity index (χ1v) is 13.0. The third-order valence-electron chi connectivity index (χ3n) is 6.27. The van der Waals surface area contributed by atoms with E-state index in [-0.39, 0.29) is 12.0 Å². The first kappa shape index (κ1) is 24.4. The third-order valence-corrected chi connectivity index (χ3v) is 7.47. The van der Waals surface area contributed by atoms with Crippen LogP contribution in [-0.4, -0.2) is 67.4 Å². The number of nitrogens with one attached hydrogen (secondary N) is 2. The minimum Gasteiger partial charge on any atom is -0.489 e. The molecule has 1 amide bonds. The van der Waals surface area contributed by atoms with Gasteiger partial charge in [0.05, 0.1) is 11.3 Å². The van der Waals surface area contributed by atoms with Gasteiger partial charge in [-0.2, -0.15) is 0 Å². The summed E-state index contributed by atoms with van der Waals surface area (Å²) >= 11 is 1.86. The summed E-state index contributed by atoms with van der Waals surface area (Å²) in [6.07, 6.45) is 6.10. The molecule has 4 rings (SSSR count). The number of thioether (sulfide) groups is 1. The standard InChI is InChI=1S/C26H35N5O2S/c1-4-28-25-16-22-21(17-29-25)26(32)31(14-13-30(22)3)18-19-7-9-20(10-8-19)33-23(11-12-27-2)24-6-5-15-34-24/h5,7-10,15-17,23-24,27H,4,6,11-14,18H2,1-3H3,(H,28,29)/t23-,24?/m0/s1. The van der Waals surface area contributed by atoms with Crippen LogP contribution in [0.3, 0.4) is 0 Å². The van der Waals surface area contributed by atoms with Gasteiger partial charge in [0, 0.05) is 50.7 Å². The molecule has 0 radical (unpaired) electrons. The lowest BCUT2D eigenvalue weighted by molar-refractivity contribution is 0.0754. The van der Waals surface area contributed by atoms with Crippen LogP contribution in [0.15, 0.2) is 48.0 Å². The number of carbonyl (C=O) groups is 1. The number of amides is 1. The number of anilines is 2. The molecule has 2 aliphatic heterocycles. The number of nitrogens with zero attached hydrogens (tertiary/aromatic N) is 3. The number of hydrogen-bond acceptors (Lipinski definition) is 7. The maximum absolute atomic E-state index is 13.3. The van der Waals surface area contributed by atoms with E-state index >= 15 is 0 Å². The maximum Gasteiger partial charge on any atom is 0.257 e. The average molecular weight is 482 g/mol. The zero-order valence-corrected chi connectivity index (χ0v) is 21.1. The number of benzene rings is 1. The van der Waals surface area contributed by atoms with Crippen LogP contribution in [0.2, 0.25) is 0 Å². The second-order valence-corrected chi connectivity index (χ2v) is 9.89. The van der Waals surface area contributed by atoms with Crippen molar-refractivity contribution in [2.45, 2.75) is 37.7 Å². The number of ether oxygens (including phenoxy) is 1. The number of fused-ring (bicyclic) bond motifs is 1. The number of allylic oxidation sites excluding steroid dienone is 1. The molecule has 7 nitrogen and oxygen atoms in total. The summed E-state index contributed by atoms with van der Waals surface area (Å²) in [5.41, 5.74) is 2.67. The second kappa shape index (κ2) is 11.6. The van der Waals surface area contributed by atoms with Crippen LogP contribution in [0.5, 0.6) is 5.75 Å². The van der Waals surface area contributed by atoms with Crippen molar-refractivity contribution in [1.29, 1.82) is 0 Å². The van der Waals surface area contributed by atoms with E-state index in [1.807, 2.05) is 55.9 Å². The molecule has 0 aliphatic carbocycles. The summed E-state index contributed by atoms with van der Waals surface area (Å²) in [6.45, 7) is 5.76. The predicted molar refractivity (Wildman–Crippen MR) is 141 cm³/mol. The number of carbonyl (C=O) groups excluding carboxylic acids is 1. The normalized spacial score (nSPS) is 18.6. The molecule has 3 heterocycles. The van der Waals surface area contributed by atoms with Gasteiger partial charge in [-0.1, -0.05) is 18.2 Å². The SMILES string of the molecule is CCNc1cc2c(cn1)C(=O)N(Cc1ccc(O[C@@H](CCNC)C3CC=CS3)cc1)CCN2C. The van der Waals surface area contributed by atoms with Gasteiger partial charge in [-0.05, 0) is 56.5 Å². The first-order chi connectivity index (χ1) is 16.6. The fraction of sp³-hybridized carbons (Fsp3) is 0.462. The summed E-state index contributed by atoms with van der Waals surface area (Å²) in [6, 6.07) is 10.2. The Balaban J connectivity index is 1.42. The van der Waals surface area contributed by atoms with Crippen LogP contribution >= 0.6 is 11.8 Å². The monoisotopic (exact) mass is 481 g/mol. The Morgan fingerprint density at radius 2 is 2.09 bits per heavy atom. The van der Waals surface area contributed by atoms with Crippen molar-refractivity contribution in [3.05, 3.63) is 59.1 Å². The maximum atomic E-state index is 13.3. The Kier molecular flexibility index (Phi) is 8.34. The van der Waals surface area contributed by atoms with E-state index in [1.54, 1.807) is 6.20 Å². The van der Waals surface area contributed by atoms with Crippen LogP contribution in [0.4, 0.5) is 11.5 Å². The van der Waals surface area contributed by atoms with Gasteiger partial charge >= 0.3 is 0 Å². The Hall–Kier alpha value is -2.71. The Morgan fingerprint density at radius 3 is 2.79 bits per heavy atom. The van der Waals surface area contributed by atoms with Gasteiger partial charge in [0.1, 0.15) is 17.7 Å². The van der Waals surface area contributed by atoms with E-state index in [2.05, 4.69) is 44.1 Å². The van der Waals surface area contributed by atoms with Gasteiger partial charge in [0.15, 0.2) is 0 Å². The van der Waals surface area contributed by atoms with E-state index in [0.29, 0.717) is 23.9 Å². The molecule has 2 aromatic rings. The molecule has 8 heteroatoms. The van der Waals surface area contributed by atoms with E-state index in [9.17, 15) is 4.79 Å². The molecule has 0 saturated heterocycles. The summed E-state index contributed by atoms with van der Waals surface area (Å²) in [5.74, 6) is 1.70. The molecule has 0 bridgehead atoms. The van der Waals surface area contributed by atoms with Gasteiger partial charge in [0.2, 0.25) is 0 Å². The zero-order chi connectivity index (χ0) is 23.9. The minimum absolute atomic E-state index is 0.0214. The quantitative estimate of drug-likeness (QED) is 0.532. The summed E-state index contributed by atoms with van der Waals surface area (Å²) in [4.78, 5) is 21.8. The fourth-order valence-corrected chi connectivity index (χ4v) is 5.35. The van der Waals surface area contributed by atoms with Crippen molar-refractivity contribution in [3.63, 3.8) is 0 Å². The van der Waals surface area contributed by atoms with Crippen LogP contribution in [0.1, 0.15) is 35.7 Å². The molecular formula is C26H35N5O2S. The molecule has 0 fully saturated rings. The molecule has 1 aromatic carbocycles. The fourth-order valence-electron chi connectivity index (χ4n) is 4.33. The van der Waals surface area contributed by atoms with E-state index < -0.39 is 0 Å². The smallest absolute Gasteiger partial charge is 0.257 e. The van der Waals surface area contributed by atoms with Crippen LogP contribution < -0.4 is 20.3 Å². The van der Waals surface area contributed by atoms with Crippen molar-refractivity contribution in [3.8, 4) is 5.75 Å². The van der Waals surface area contributed by atoms with E-state index in [4.69, 9.17) is 4.74 Å². The average Bonchev–Trinajstić information content (AvgIpc) is 3.36. The molecule has 0 spiro atoms. The van der Waals surface area contributed by atoms with Crippen molar-refractivity contribution in [2.75, 3.05) is 50.5 Å². The molecule has 2 atom stereocenters. The number of aromatic nitrogens is 1. The first-order valence-electron chi connectivity index (χ1n) is 12.0. The predicted octanol–water partition coefficient (Wildman–Crippen LogP) is 3.98. The Bertz CT molecular complexity index is 989. The number of likely N-dealkylation sites (N-methyl/N-ethyl adjacent to an activating group) is 1. The highest BCUT2D eigenvalue weighted by atomic mass is 32.2. The third kappa shape index (κ3) is 5.85. The summed E-state index contributed by atoms with van der Waals surface area (Å²) < 4.78 is 6.38. The van der Waals surface area contributed by atoms with Crippen LogP contribution in [0.25, 0.3) is 0 Å². The van der Waals surface area contributed by atoms with Gasteiger partial charge in [-0.25, -0.2) is 4.98 Å². The van der Waals surface area contributed by atoms with Crippen molar-refractivity contribution in [2.24, 2.45) is 0 Å². The van der Waals surface area contributed by atoms with Gasteiger partial charge in [0.25, 0.3) is 5.91 Å². The molecule has 1 aromatic heterocycles. The van der Waals surface area contributed by atoms with Crippen molar-refractivity contribution in [1.82, 2.24) is 15.2 Å². The summed E-state index contributed by atoms with van der Waals surface area (Å²) in [7, 11) is 4.00. The number of rotatable bonds is 10. The van der Waals surface area contributed by atoms with Crippen LogP contribution in [-0.2, 0) is 6.54 Å². The Labute approximate surface area is 206 Å². The Morgan fingerprint density at radius 1 is 1.26 bits per heavy atom. The largest absolute Gasteiger partial charge is 0.489 e. The van der Waals surface area contributed by atoms with Crippen molar-refractivity contribution < 1.29 is 9.53 Å². The molecule has 0 saturated carbocycles. The molecule has 2 aliphatic rings. The highest BCUT2D eigenvalue weighted by Gasteiger charge is 2.27. The lowest BCUT2D eigenvalue weighted by atomic mass is 10.1. The van der Waals surface area contributed by atoms with E-state index in [1.165, 1.54) is 0 Å². The van der Waals surface area contributed by atoms with Gasteiger partial charge in [-0.3, -0.25) is 4.79 Å². The molecule has 1 unspecified atom stereocenters.